The largest absolute Gasteiger partial charge is 0.481 e. The molecule has 0 radical (unpaired) electrons. The van der Waals surface area contributed by atoms with Crippen molar-refractivity contribution in [2.75, 3.05) is 0 Å². The number of halogens is 9. The van der Waals surface area contributed by atoms with Crippen molar-refractivity contribution in [3.8, 4) is 5.75 Å². The Hall–Kier alpha value is -2.19. The van der Waals surface area contributed by atoms with Gasteiger partial charge in [0.1, 0.15) is 5.75 Å². The molecule has 0 unspecified atom stereocenters. The van der Waals surface area contributed by atoms with Gasteiger partial charge >= 0.3 is 39.4 Å². The Morgan fingerprint density at radius 3 is 1.93 bits per heavy atom. The van der Waals surface area contributed by atoms with Crippen LogP contribution in [0.4, 0.5) is 39.5 Å². The first-order valence-corrected chi connectivity index (χ1v) is 7.72. The van der Waals surface area contributed by atoms with Crippen molar-refractivity contribution in [1.82, 2.24) is 0 Å². The molecule has 5 nitrogen and oxygen atoms in total. The SMILES string of the molecule is O=C(O)Cc1cccc(OS(=O)(=O)C(F)(F)C(F)(F)C(F)(F)C(F)(F)F)c1. The summed E-state index contributed by atoms with van der Waals surface area (Å²) in [6.07, 6.45) is -7.99. The van der Waals surface area contributed by atoms with Crippen molar-refractivity contribution >= 4 is 16.1 Å². The summed E-state index contributed by atoms with van der Waals surface area (Å²) in [4.78, 5) is 10.5. The van der Waals surface area contributed by atoms with E-state index in [2.05, 4.69) is 4.18 Å². The molecule has 0 bridgehead atoms. The van der Waals surface area contributed by atoms with Crippen LogP contribution in [0.1, 0.15) is 5.56 Å². The Morgan fingerprint density at radius 2 is 1.48 bits per heavy atom. The average molecular weight is 434 g/mol. The minimum Gasteiger partial charge on any atom is -0.481 e. The number of hydrogen-bond donors (Lipinski definition) is 1. The monoisotopic (exact) mass is 434 g/mol. The molecule has 0 fully saturated rings. The van der Waals surface area contributed by atoms with E-state index in [-0.39, 0.29) is 5.56 Å². The Morgan fingerprint density at radius 1 is 0.963 bits per heavy atom. The van der Waals surface area contributed by atoms with Gasteiger partial charge in [-0.05, 0) is 17.7 Å². The predicted molar refractivity (Wildman–Crippen MR) is 68.2 cm³/mol. The molecule has 1 aromatic rings. The summed E-state index contributed by atoms with van der Waals surface area (Å²) in [6.45, 7) is 0. The number of hydrogen-bond acceptors (Lipinski definition) is 4. The van der Waals surface area contributed by atoms with E-state index in [9.17, 15) is 52.7 Å². The lowest BCUT2D eigenvalue weighted by atomic mass is 10.1. The predicted octanol–water partition coefficient (Wildman–Crippen LogP) is 3.45. The van der Waals surface area contributed by atoms with Crippen LogP contribution in [0.25, 0.3) is 0 Å². The molecule has 0 aliphatic carbocycles. The van der Waals surface area contributed by atoms with E-state index in [4.69, 9.17) is 5.11 Å². The van der Waals surface area contributed by atoms with Crippen molar-refractivity contribution in [2.45, 2.75) is 29.7 Å². The van der Waals surface area contributed by atoms with Crippen LogP contribution in [0.2, 0.25) is 0 Å². The number of carboxylic acids is 1. The molecule has 0 aliphatic rings. The fourth-order valence-corrected chi connectivity index (χ4v) is 2.48. The molecule has 15 heteroatoms. The maximum absolute atomic E-state index is 13.5. The standard InChI is InChI=1S/C12H7F9O5S/c13-9(14,11(17,18)19)10(15,16)12(20,21)27(24,25)26-7-3-1-2-6(4-7)5-8(22)23/h1-4H,5H2,(H,22,23). The molecular formula is C12H7F9O5S. The summed E-state index contributed by atoms with van der Waals surface area (Å²) in [6, 6.07) is 2.88. The number of benzene rings is 1. The molecular weight excluding hydrogens is 427 g/mol. The van der Waals surface area contributed by atoms with Gasteiger partial charge in [0.25, 0.3) is 0 Å². The van der Waals surface area contributed by atoms with Gasteiger partial charge in [-0.2, -0.15) is 47.9 Å². The lowest BCUT2D eigenvalue weighted by Crippen LogP contribution is -2.63. The fraction of sp³-hybridized carbons (Fsp3) is 0.417. The van der Waals surface area contributed by atoms with Gasteiger partial charge in [0.15, 0.2) is 0 Å². The number of rotatable bonds is 7. The van der Waals surface area contributed by atoms with Crippen LogP contribution in [-0.4, -0.2) is 42.8 Å². The van der Waals surface area contributed by atoms with Crippen LogP contribution in [0.3, 0.4) is 0 Å². The molecule has 0 atom stereocenters. The van der Waals surface area contributed by atoms with Crippen LogP contribution in [0.15, 0.2) is 24.3 Å². The molecule has 27 heavy (non-hydrogen) atoms. The number of alkyl halides is 9. The third-order valence-corrected chi connectivity index (χ3v) is 4.19. The molecule has 1 aromatic carbocycles. The summed E-state index contributed by atoms with van der Waals surface area (Å²) in [5.41, 5.74) is -0.272. The molecule has 0 spiro atoms. The summed E-state index contributed by atoms with van der Waals surface area (Å²) < 4.78 is 141. The minimum absolute atomic E-state index is 0.272. The highest BCUT2D eigenvalue weighted by Gasteiger charge is 2.86. The molecule has 0 heterocycles. The highest BCUT2D eigenvalue weighted by Crippen LogP contribution is 2.54. The van der Waals surface area contributed by atoms with Crippen LogP contribution in [0, 0.1) is 0 Å². The van der Waals surface area contributed by atoms with Crippen LogP contribution >= 0.6 is 0 Å². The van der Waals surface area contributed by atoms with Crippen LogP contribution in [-0.2, 0) is 21.3 Å². The molecule has 0 amide bonds. The third kappa shape index (κ3) is 4.06. The molecule has 154 valence electrons. The number of aliphatic carboxylic acids is 1. The summed E-state index contributed by atoms with van der Waals surface area (Å²) >= 11 is 0. The Kier molecular flexibility index (Phi) is 5.72. The van der Waals surface area contributed by atoms with Gasteiger partial charge in [-0.3, -0.25) is 4.79 Å². The second-order valence-corrected chi connectivity index (χ2v) is 6.51. The number of carbonyl (C=O) groups is 1. The minimum atomic E-state index is -7.42. The molecule has 0 aliphatic heterocycles. The first-order chi connectivity index (χ1) is 11.9. The molecule has 1 rings (SSSR count). The van der Waals surface area contributed by atoms with Gasteiger partial charge in [0, 0.05) is 0 Å². The van der Waals surface area contributed by atoms with Gasteiger partial charge in [0.05, 0.1) is 6.42 Å². The van der Waals surface area contributed by atoms with Crippen molar-refractivity contribution in [3.63, 3.8) is 0 Å². The lowest BCUT2D eigenvalue weighted by molar-refractivity contribution is -0.382. The van der Waals surface area contributed by atoms with E-state index < -0.39 is 51.5 Å². The second kappa shape index (κ2) is 6.76. The Labute approximate surface area is 144 Å². The molecule has 1 N–H and O–H groups in total. The van der Waals surface area contributed by atoms with Crippen molar-refractivity contribution in [1.29, 1.82) is 0 Å². The smallest absolute Gasteiger partial charge is 0.460 e. The Balaban J connectivity index is 3.31. The average Bonchev–Trinajstić information content (AvgIpc) is 2.44. The van der Waals surface area contributed by atoms with E-state index in [0.29, 0.717) is 12.1 Å². The van der Waals surface area contributed by atoms with E-state index in [0.717, 1.165) is 12.1 Å². The molecule has 0 saturated heterocycles. The van der Waals surface area contributed by atoms with Gasteiger partial charge in [-0.15, -0.1) is 0 Å². The quantitative estimate of drug-likeness (QED) is 0.526. The van der Waals surface area contributed by atoms with Crippen LogP contribution < -0.4 is 4.18 Å². The van der Waals surface area contributed by atoms with Crippen molar-refractivity contribution in [2.24, 2.45) is 0 Å². The zero-order valence-electron chi connectivity index (χ0n) is 12.4. The van der Waals surface area contributed by atoms with Crippen molar-refractivity contribution < 1.29 is 62.0 Å². The summed E-state index contributed by atoms with van der Waals surface area (Å²) in [7, 11) is -7.07. The van der Waals surface area contributed by atoms with Gasteiger partial charge in [0.2, 0.25) is 0 Å². The normalized spacial score (nSPS) is 14.1. The maximum Gasteiger partial charge on any atom is 0.460 e. The molecule has 0 aromatic heterocycles. The van der Waals surface area contributed by atoms with E-state index in [1.807, 2.05) is 0 Å². The first kappa shape index (κ1) is 22.9. The van der Waals surface area contributed by atoms with Gasteiger partial charge in [-0.25, -0.2) is 0 Å². The van der Waals surface area contributed by atoms with Gasteiger partial charge < -0.3 is 9.29 Å². The Bertz CT molecular complexity index is 817. The van der Waals surface area contributed by atoms with Crippen molar-refractivity contribution in [3.05, 3.63) is 29.8 Å². The lowest BCUT2D eigenvalue weighted by Gasteiger charge is -2.32. The maximum atomic E-state index is 13.5. The highest BCUT2D eigenvalue weighted by atomic mass is 32.2. The number of carboxylic acid groups (broad SMARTS) is 1. The molecule has 0 saturated carbocycles. The highest BCUT2D eigenvalue weighted by molar-refractivity contribution is 7.88. The van der Waals surface area contributed by atoms with Crippen LogP contribution in [0.5, 0.6) is 5.75 Å². The third-order valence-electron chi connectivity index (χ3n) is 2.89. The summed E-state index contributed by atoms with van der Waals surface area (Å²) in [5, 5.41) is 1.53. The zero-order chi connectivity index (χ0) is 21.5. The van der Waals surface area contributed by atoms with E-state index >= 15 is 0 Å². The first-order valence-electron chi connectivity index (χ1n) is 6.32. The van der Waals surface area contributed by atoms with Gasteiger partial charge in [-0.1, -0.05) is 12.1 Å². The second-order valence-electron chi connectivity index (χ2n) is 4.92. The zero-order valence-corrected chi connectivity index (χ0v) is 13.2. The van der Waals surface area contributed by atoms with E-state index in [1.54, 1.807) is 0 Å². The topological polar surface area (TPSA) is 80.7 Å². The fourth-order valence-electron chi connectivity index (χ4n) is 1.58. The van der Waals surface area contributed by atoms with E-state index in [1.165, 1.54) is 0 Å². The summed E-state index contributed by atoms with van der Waals surface area (Å²) in [5.74, 6) is -17.5.